The van der Waals surface area contributed by atoms with Crippen LogP contribution in [-0.4, -0.2) is 21.9 Å². The Labute approximate surface area is 109 Å². The summed E-state index contributed by atoms with van der Waals surface area (Å²) < 4.78 is 6.93. The number of benzene rings is 1. The molecule has 90 valence electrons. The normalized spacial score (nSPS) is 10.8. The Kier molecular flexibility index (Phi) is 3.99. The first-order valence-electron chi connectivity index (χ1n) is 5.00. The molecule has 0 aliphatic heterocycles. The lowest BCUT2D eigenvalue weighted by molar-refractivity contribution is 0.176. The van der Waals surface area contributed by atoms with Crippen LogP contribution in [0.5, 0.6) is 0 Å². The largest absolute Gasteiger partial charge is 0.377 e. The molecule has 2 aromatic rings. The van der Waals surface area contributed by atoms with Gasteiger partial charge in [-0.1, -0.05) is 17.7 Å². The van der Waals surface area contributed by atoms with Crippen LogP contribution in [0.2, 0.25) is 5.02 Å². The first-order valence-corrected chi connectivity index (χ1v) is 5.91. The van der Waals surface area contributed by atoms with Gasteiger partial charge in [0.25, 0.3) is 0 Å². The van der Waals surface area contributed by atoms with E-state index in [4.69, 9.17) is 27.9 Å². The van der Waals surface area contributed by atoms with Crippen molar-refractivity contribution in [1.29, 1.82) is 0 Å². The van der Waals surface area contributed by atoms with Crippen LogP contribution in [0.15, 0.2) is 24.3 Å². The summed E-state index contributed by atoms with van der Waals surface area (Å²) in [6.45, 7) is 0.371. The standard InChI is InChI=1S/C11H11Cl2N3O/c1-17-7-11-15-14-10(6-12)16(11)9-4-2-3-8(13)5-9/h2-5H,6-7H2,1H3. The fourth-order valence-corrected chi connectivity index (χ4v) is 1.93. The molecule has 0 N–H and O–H groups in total. The van der Waals surface area contributed by atoms with Gasteiger partial charge in [0.1, 0.15) is 6.61 Å². The van der Waals surface area contributed by atoms with E-state index in [0.29, 0.717) is 23.3 Å². The van der Waals surface area contributed by atoms with Crippen molar-refractivity contribution in [2.75, 3.05) is 7.11 Å². The second-order valence-electron chi connectivity index (χ2n) is 3.41. The van der Waals surface area contributed by atoms with Crippen molar-refractivity contribution < 1.29 is 4.74 Å². The van der Waals surface area contributed by atoms with E-state index in [0.717, 1.165) is 5.69 Å². The van der Waals surface area contributed by atoms with Gasteiger partial charge in [-0.2, -0.15) is 0 Å². The molecule has 1 heterocycles. The van der Waals surface area contributed by atoms with Crippen molar-refractivity contribution in [2.45, 2.75) is 12.5 Å². The molecule has 0 aliphatic carbocycles. The fourth-order valence-electron chi connectivity index (χ4n) is 1.58. The predicted octanol–water partition coefficient (Wildman–Crippen LogP) is 2.81. The SMILES string of the molecule is COCc1nnc(CCl)n1-c1cccc(Cl)c1. The first kappa shape index (κ1) is 12.4. The van der Waals surface area contributed by atoms with E-state index in [9.17, 15) is 0 Å². The van der Waals surface area contributed by atoms with E-state index in [1.54, 1.807) is 7.11 Å². The van der Waals surface area contributed by atoms with Crippen LogP contribution in [-0.2, 0) is 17.2 Å². The molecule has 0 atom stereocenters. The number of methoxy groups -OCH3 is 1. The van der Waals surface area contributed by atoms with Crippen molar-refractivity contribution in [3.63, 3.8) is 0 Å². The fraction of sp³-hybridized carbons (Fsp3) is 0.273. The van der Waals surface area contributed by atoms with Gasteiger partial charge in [-0.3, -0.25) is 4.57 Å². The van der Waals surface area contributed by atoms with E-state index in [2.05, 4.69) is 10.2 Å². The van der Waals surface area contributed by atoms with E-state index in [1.807, 2.05) is 28.8 Å². The van der Waals surface area contributed by atoms with Crippen molar-refractivity contribution >= 4 is 23.2 Å². The Morgan fingerprint density at radius 3 is 2.71 bits per heavy atom. The number of rotatable bonds is 4. The number of halogens is 2. The van der Waals surface area contributed by atoms with Crippen molar-refractivity contribution in [2.24, 2.45) is 0 Å². The molecule has 0 saturated heterocycles. The van der Waals surface area contributed by atoms with Gasteiger partial charge in [-0.05, 0) is 18.2 Å². The lowest BCUT2D eigenvalue weighted by atomic mass is 10.3. The molecule has 4 nitrogen and oxygen atoms in total. The topological polar surface area (TPSA) is 39.9 Å². The molecule has 0 unspecified atom stereocenters. The summed E-state index contributed by atoms with van der Waals surface area (Å²) in [7, 11) is 1.61. The third kappa shape index (κ3) is 2.60. The average molecular weight is 272 g/mol. The predicted molar refractivity (Wildman–Crippen MR) is 66.6 cm³/mol. The number of alkyl halides is 1. The van der Waals surface area contributed by atoms with Crippen LogP contribution in [0, 0.1) is 0 Å². The third-order valence-corrected chi connectivity index (χ3v) is 2.73. The lowest BCUT2D eigenvalue weighted by Gasteiger charge is -2.08. The molecule has 17 heavy (non-hydrogen) atoms. The molecule has 1 aromatic carbocycles. The van der Waals surface area contributed by atoms with Gasteiger partial charge in [-0.15, -0.1) is 21.8 Å². The summed E-state index contributed by atoms with van der Waals surface area (Å²) in [4.78, 5) is 0. The van der Waals surface area contributed by atoms with Gasteiger partial charge < -0.3 is 4.74 Å². The number of aromatic nitrogens is 3. The van der Waals surface area contributed by atoms with E-state index in [-0.39, 0.29) is 5.88 Å². The van der Waals surface area contributed by atoms with Crippen LogP contribution in [0.4, 0.5) is 0 Å². The smallest absolute Gasteiger partial charge is 0.163 e. The lowest BCUT2D eigenvalue weighted by Crippen LogP contribution is -2.05. The van der Waals surface area contributed by atoms with Crippen LogP contribution in [0.1, 0.15) is 11.6 Å². The Morgan fingerprint density at radius 1 is 1.29 bits per heavy atom. The minimum absolute atomic E-state index is 0.281. The highest BCUT2D eigenvalue weighted by Crippen LogP contribution is 2.19. The molecule has 0 spiro atoms. The van der Waals surface area contributed by atoms with Crippen LogP contribution >= 0.6 is 23.2 Å². The van der Waals surface area contributed by atoms with Crippen LogP contribution in [0.25, 0.3) is 5.69 Å². The molecule has 6 heteroatoms. The zero-order valence-corrected chi connectivity index (χ0v) is 10.7. The molecular weight excluding hydrogens is 261 g/mol. The monoisotopic (exact) mass is 271 g/mol. The van der Waals surface area contributed by atoms with Gasteiger partial charge in [0, 0.05) is 12.1 Å². The molecule has 0 radical (unpaired) electrons. The Morgan fingerprint density at radius 2 is 2.06 bits per heavy atom. The summed E-state index contributed by atoms with van der Waals surface area (Å²) in [5.41, 5.74) is 0.880. The number of hydrogen-bond donors (Lipinski definition) is 0. The zero-order chi connectivity index (χ0) is 12.3. The second-order valence-corrected chi connectivity index (χ2v) is 4.12. The Bertz CT molecular complexity index is 513. The van der Waals surface area contributed by atoms with Gasteiger partial charge in [-0.25, -0.2) is 0 Å². The molecule has 0 aliphatic rings. The van der Waals surface area contributed by atoms with E-state index >= 15 is 0 Å². The van der Waals surface area contributed by atoms with Gasteiger partial charge in [0.15, 0.2) is 11.6 Å². The number of nitrogens with zero attached hydrogens (tertiary/aromatic N) is 3. The highest BCUT2D eigenvalue weighted by molar-refractivity contribution is 6.30. The highest BCUT2D eigenvalue weighted by Gasteiger charge is 2.12. The van der Waals surface area contributed by atoms with Crippen molar-refractivity contribution in [3.05, 3.63) is 40.9 Å². The van der Waals surface area contributed by atoms with E-state index in [1.165, 1.54) is 0 Å². The Balaban J connectivity index is 2.51. The second kappa shape index (κ2) is 5.49. The average Bonchev–Trinajstić information content (AvgIpc) is 2.72. The summed E-state index contributed by atoms with van der Waals surface area (Å²) >= 11 is 11.8. The molecule has 0 saturated carbocycles. The minimum atomic E-state index is 0.281. The van der Waals surface area contributed by atoms with Gasteiger partial charge >= 0.3 is 0 Å². The minimum Gasteiger partial charge on any atom is -0.377 e. The quantitative estimate of drug-likeness (QED) is 0.803. The van der Waals surface area contributed by atoms with Gasteiger partial charge in [0.2, 0.25) is 0 Å². The Hall–Kier alpha value is -1.10. The summed E-state index contributed by atoms with van der Waals surface area (Å²) in [5.74, 6) is 1.65. The summed E-state index contributed by atoms with van der Waals surface area (Å²) in [6.07, 6.45) is 0. The number of hydrogen-bond acceptors (Lipinski definition) is 3. The maximum atomic E-state index is 5.97. The van der Waals surface area contributed by atoms with E-state index < -0.39 is 0 Å². The maximum Gasteiger partial charge on any atom is 0.163 e. The van der Waals surface area contributed by atoms with Crippen molar-refractivity contribution in [1.82, 2.24) is 14.8 Å². The molecule has 0 bridgehead atoms. The third-order valence-electron chi connectivity index (χ3n) is 2.26. The maximum absolute atomic E-state index is 5.97. The molecule has 0 fully saturated rings. The molecular formula is C11H11Cl2N3O. The summed E-state index contributed by atoms with van der Waals surface area (Å²) in [5, 5.41) is 8.71. The number of ether oxygens (including phenoxy) is 1. The zero-order valence-electron chi connectivity index (χ0n) is 9.23. The molecule has 1 aromatic heterocycles. The van der Waals surface area contributed by atoms with Crippen molar-refractivity contribution in [3.8, 4) is 5.69 Å². The summed E-state index contributed by atoms with van der Waals surface area (Å²) in [6, 6.07) is 7.43. The molecule has 0 amide bonds. The molecule has 2 rings (SSSR count). The van der Waals surface area contributed by atoms with Crippen LogP contribution in [0.3, 0.4) is 0 Å². The van der Waals surface area contributed by atoms with Gasteiger partial charge in [0.05, 0.1) is 11.6 Å². The van der Waals surface area contributed by atoms with Crippen LogP contribution < -0.4 is 0 Å². The highest BCUT2D eigenvalue weighted by atomic mass is 35.5. The first-order chi connectivity index (χ1) is 8.26.